The highest BCUT2D eigenvalue weighted by atomic mass is 16.2. The van der Waals surface area contributed by atoms with Crippen LogP contribution in [0.25, 0.3) is 0 Å². The first kappa shape index (κ1) is 16.2. The van der Waals surface area contributed by atoms with Crippen molar-refractivity contribution >= 4 is 5.91 Å². The van der Waals surface area contributed by atoms with Crippen LogP contribution in [0, 0.1) is 11.8 Å². The molecule has 0 saturated carbocycles. The van der Waals surface area contributed by atoms with Gasteiger partial charge in [0.1, 0.15) is 0 Å². The topological polar surface area (TPSA) is 65.5 Å². The van der Waals surface area contributed by atoms with Crippen LogP contribution in [-0.2, 0) is 0 Å². The van der Waals surface area contributed by atoms with E-state index in [1.807, 2.05) is 7.05 Å². The number of aliphatic hydroxyl groups is 1. The molecule has 0 bridgehead atoms. The first-order valence-corrected chi connectivity index (χ1v) is 6.69. The van der Waals surface area contributed by atoms with Gasteiger partial charge in [0.15, 0.2) is 0 Å². The fourth-order valence-corrected chi connectivity index (χ4v) is 1.52. The van der Waals surface area contributed by atoms with Crippen molar-refractivity contribution in [2.75, 3.05) is 33.3 Å². The molecule has 1 aromatic rings. The summed E-state index contributed by atoms with van der Waals surface area (Å²) in [5, 5.41) is 11.6. The number of hydrogen-bond acceptors (Lipinski definition) is 4. The molecule has 20 heavy (non-hydrogen) atoms. The van der Waals surface area contributed by atoms with Crippen LogP contribution in [-0.4, -0.2) is 54.2 Å². The molecule has 0 aliphatic carbocycles. The van der Waals surface area contributed by atoms with Crippen LogP contribution in [0.3, 0.4) is 0 Å². The Morgan fingerprint density at radius 2 is 2.35 bits per heavy atom. The van der Waals surface area contributed by atoms with Crippen LogP contribution < -0.4 is 5.32 Å². The minimum absolute atomic E-state index is 0.0120. The van der Waals surface area contributed by atoms with Gasteiger partial charge < -0.3 is 15.3 Å². The van der Waals surface area contributed by atoms with Gasteiger partial charge >= 0.3 is 0 Å². The number of aliphatic hydroxyl groups excluding tert-OH is 1. The lowest BCUT2D eigenvalue weighted by Gasteiger charge is -2.14. The number of likely N-dealkylation sites (N-methyl/N-ethyl adjacent to an activating group) is 1. The fraction of sp³-hybridized carbons (Fsp3) is 0.467. The van der Waals surface area contributed by atoms with Gasteiger partial charge in [-0.3, -0.25) is 9.78 Å². The number of carbonyl (C=O) groups is 1. The molecule has 0 saturated heterocycles. The third-order valence-corrected chi connectivity index (χ3v) is 2.84. The third-order valence-electron chi connectivity index (χ3n) is 2.84. The molecule has 0 spiro atoms. The maximum atomic E-state index is 12.1. The number of hydrogen-bond donors (Lipinski definition) is 2. The molecule has 1 rings (SSSR count). The predicted molar refractivity (Wildman–Crippen MR) is 78.3 cm³/mol. The molecule has 0 aliphatic rings. The lowest BCUT2D eigenvalue weighted by Crippen LogP contribution is -2.33. The maximum absolute atomic E-state index is 12.1. The molecule has 1 amide bonds. The second kappa shape index (κ2) is 9.08. The molecule has 108 valence electrons. The van der Waals surface area contributed by atoms with Crippen molar-refractivity contribution in [2.45, 2.75) is 13.3 Å². The lowest BCUT2D eigenvalue weighted by atomic mass is 10.1. The Morgan fingerprint density at radius 1 is 1.55 bits per heavy atom. The van der Waals surface area contributed by atoms with E-state index in [2.05, 4.69) is 34.0 Å². The van der Waals surface area contributed by atoms with Gasteiger partial charge in [0.2, 0.25) is 0 Å². The molecule has 1 heterocycles. The molecule has 1 aromatic heterocycles. The molecule has 0 aliphatic heterocycles. The molecule has 5 nitrogen and oxygen atoms in total. The first-order chi connectivity index (χ1) is 9.69. The summed E-state index contributed by atoms with van der Waals surface area (Å²) in [5.41, 5.74) is 1.10. The van der Waals surface area contributed by atoms with Crippen molar-refractivity contribution in [1.82, 2.24) is 15.2 Å². The smallest absolute Gasteiger partial charge is 0.252 e. The summed E-state index contributed by atoms with van der Waals surface area (Å²) in [7, 11) is 2.00. The number of pyridine rings is 1. The summed E-state index contributed by atoms with van der Waals surface area (Å²) in [6, 6.07) is 1.65. The van der Waals surface area contributed by atoms with E-state index in [-0.39, 0.29) is 12.5 Å². The molecule has 0 atom stereocenters. The SMILES string of the molecule is CCN(C)CCNC(=O)c1ccncc1C#CCCO. The highest BCUT2D eigenvalue weighted by Crippen LogP contribution is 2.05. The number of carbonyl (C=O) groups excluding carboxylic acids is 1. The summed E-state index contributed by atoms with van der Waals surface area (Å²) in [5.74, 6) is 5.52. The van der Waals surface area contributed by atoms with Crippen LogP contribution in [0.1, 0.15) is 29.3 Å². The Kier molecular flexibility index (Phi) is 7.33. The van der Waals surface area contributed by atoms with Crippen molar-refractivity contribution in [2.24, 2.45) is 0 Å². The Hall–Kier alpha value is -1.90. The normalized spacial score (nSPS) is 10.0. The van der Waals surface area contributed by atoms with Gasteiger partial charge in [0.05, 0.1) is 17.7 Å². The first-order valence-electron chi connectivity index (χ1n) is 6.69. The van der Waals surface area contributed by atoms with E-state index in [1.54, 1.807) is 18.5 Å². The van der Waals surface area contributed by atoms with E-state index in [0.29, 0.717) is 24.1 Å². The van der Waals surface area contributed by atoms with Crippen molar-refractivity contribution in [3.05, 3.63) is 29.6 Å². The molecule has 5 heteroatoms. The van der Waals surface area contributed by atoms with Crippen molar-refractivity contribution < 1.29 is 9.90 Å². The Balaban J connectivity index is 2.66. The van der Waals surface area contributed by atoms with Crippen LogP contribution in [0.15, 0.2) is 18.5 Å². The highest BCUT2D eigenvalue weighted by Gasteiger charge is 2.09. The standard InChI is InChI=1S/C15H21N3O2/c1-3-18(2)10-9-17-15(20)14-7-8-16-12-13(14)6-4-5-11-19/h7-8,12,19H,3,5,9-11H2,1-2H3,(H,17,20). The minimum atomic E-state index is -0.148. The molecule has 2 N–H and O–H groups in total. The Labute approximate surface area is 120 Å². The summed E-state index contributed by atoms with van der Waals surface area (Å²) in [4.78, 5) is 18.2. The zero-order chi connectivity index (χ0) is 14.8. The monoisotopic (exact) mass is 275 g/mol. The van der Waals surface area contributed by atoms with Crippen molar-refractivity contribution in [3.63, 3.8) is 0 Å². The van der Waals surface area contributed by atoms with Crippen LogP contribution >= 0.6 is 0 Å². The van der Waals surface area contributed by atoms with Gasteiger partial charge in [-0.05, 0) is 19.7 Å². The van der Waals surface area contributed by atoms with E-state index in [9.17, 15) is 4.79 Å². The molecule has 0 unspecified atom stereocenters. The summed E-state index contributed by atoms with van der Waals surface area (Å²) >= 11 is 0. The Morgan fingerprint density at radius 3 is 3.05 bits per heavy atom. The highest BCUT2D eigenvalue weighted by molar-refractivity contribution is 5.96. The molecule has 0 aromatic carbocycles. The Bertz CT molecular complexity index is 491. The van der Waals surface area contributed by atoms with Crippen LogP contribution in [0.4, 0.5) is 0 Å². The van der Waals surface area contributed by atoms with Crippen LogP contribution in [0.2, 0.25) is 0 Å². The van der Waals surface area contributed by atoms with E-state index >= 15 is 0 Å². The zero-order valence-corrected chi connectivity index (χ0v) is 12.0. The number of rotatable bonds is 6. The number of aromatic nitrogens is 1. The number of nitrogens with zero attached hydrogens (tertiary/aromatic N) is 2. The maximum Gasteiger partial charge on any atom is 0.252 e. The van der Waals surface area contributed by atoms with Gasteiger partial charge in [0.25, 0.3) is 5.91 Å². The second-order valence-corrected chi connectivity index (χ2v) is 4.35. The fourth-order valence-electron chi connectivity index (χ4n) is 1.52. The second-order valence-electron chi connectivity index (χ2n) is 4.35. The summed E-state index contributed by atoms with van der Waals surface area (Å²) in [6.45, 7) is 4.43. The quantitative estimate of drug-likeness (QED) is 0.742. The molecular weight excluding hydrogens is 254 g/mol. The largest absolute Gasteiger partial charge is 0.395 e. The molecule has 0 radical (unpaired) electrons. The average molecular weight is 275 g/mol. The number of nitrogens with one attached hydrogen (secondary N) is 1. The van der Waals surface area contributed by atoms with Gasteiger partial charge in [-0.25, -0.2) is 0 Å². The third kappa shape index (κ3) is 5.39. The minimum Gasteiger partial charge on any atom is -0.395 e. The lowest BCUT2D eigenvalue weighted by molar-refractivity contribution is 0.0950. The van der Waals surface area contributed by atoms with Crippen molar-refractivity contribution in [1.29, 1.82) is 0 Å². The molecular formula is C15H21N3O2. The zero-order valence-electron chi connectivity index (χ0n) is 12.0. The molecule has 0 fully saturated rings. The van der Waals surface area contributed by atoms with E-state index in [1.165, 1.54) is 0 Å². The summed E-state index contributed by atoms with van der Waals surface area (Å²) in [6.07, 6.45) is 3.53. The average Bonchev–Trinajstić information content (AvgIpc) is 2.47. The van der Waals surface area contributed by atoms with Gasteiger partial charge in [-0.15, -0.1) is 0 Å². The predicted octanol–water partition coefficient (Wildman–Crippen LogP) is 0.497. The van der Waals surface area contributed by atoms with Crippen molar-refractivity contribution in [3.8, 4) is 11.8 Å². The van der Waals surface area contributed by atoms with Gasteiger partial charge in [-0.1, -0.05) is 18.8 Å². The van der Waals surface area contributed by atoms with Gasteiger partial charge in [-0.2, -0.15) is 0 Å². The van der Waals surface area contributed by atoms with Crippen LogP contribution in [0.5, 0.6) is 0 Å². The van der Waals surface area contributed by atoms with E-state index < -0.39 is 0 Å². The van der Waals surface area contributed by atoms with Gasteiger partial charge in [0, 0.05) is 31.9 Å². The number of amides is 1. The van der Waals surface area contributed by atoms with E-state index in [0.717, 1.165) is 13.1 Å². The summed E-state index contributed by atoms with van der Waals surface area (Å²) < 4.78 is 0. The van der Waals surface area contributed by atoms with E-state index in [4.69, 9.17) is 5.11 Å².